The van der Waals surface area contributed by atoms with E-state index in [0.29, 0.717) is 13.1 Å². The van der Waals surface area contributed by atoms with Crippen molar-refractivity contribution < 1.29 is 4.79 Å². The van der Waals surface area contributed by atoms with E-state index in [1.807, 2.05) is 60.7 Å². The minimum Gasteiger partial charge on any atom is -0.355 e. The van der Waals surface area contributed by atoms with Crippen LogP contribution in [-0.4, -0.2) is 21.6 Å². The van der Waals surface area contributed by atoms with E-state index < -0.39 is 0 Å². The number of benzene rings is 3. The molecule has 3 aromatic carbocycles. The zero-order chi connectivity index (χ0) is 20.9. The minimum atomic E-state index is -0.101. The number of hydrogen-bond acceptors (Lipinski definition) is 2. The predicted molar refractivity (Wildman–Crippen MR) is 120 cm³/mol. The van der Waals surface area contributed by atoms with Crippen molar-refractivity contribution in [1.29, 1.82) is 0 Å². The van der Waals surface area contributed by atoms with Crippen LogP contribution in [0.15, 0.2) is 89.7 Å². The standard InChI is InChI=1S/C25H25N3O2/c1-27-22-14-8-9-15-23(22)28(25(27)30)17-16-24(29)26-18-21(19-10-4-2-5-11-19)20-12-6-3-7-13-20/h2-15,21H,16-18H2,1H3,(H,26,29). The number of imidazole rings is 1. The van der Waals surface area contributed by atoms with Gasteiger partial charge in [-0.2, -0.15) is 0 Å². The summed E-state index contributed by atoms with van der Waals surface area (Å²) in [6.45, 7) is 0.866. The molecule has 30 heavy (non-hydrogen) atoms. The van der Waals surface area contributed by atoms with E-state index >= 15 is 0 Å². The Morgan fingerprint density at radius 2 is 1.37 bits per heavy atom. The quantitative estimate of drug-likeness (QED) is 0.515. The number of fused-ring (bicyclic) bond motifs is 1. The topological polar surface area (TPSA) is 56.0 Å². The highest BCUT2D eigenvalue weighted by molar-refractivity contribution is 5.78. The molecule has 5 nitrogen and oxygen atoms in total. The Morgan fingerprint density at radius 3 is 1.97 bits per heavy atom. The maximum absolute atomic E-state index is 12.6. The van der Waals surface area contributed by atoms with Gasteiger partial charge in [0.2, 0.25) is 5.91 Å². The van der Waals surface area contributed by atoms with Gasteiger partial charge in [0, 0.05) is 32.5 Å². The van der Waals surface area contributed by atoms with Crippen LogP contribution in [0.25, 0.3) is 11.0 Å². The molecule has 0 aliphatic heterocycles. The number of para-hydroxylation sites is 2. The van der Waals surface area contributed by atoms with Crippen LogP contribution < -0.4 is 11.0 Å². The fourth-order valence-corrected chi connectivity index (χ4v) is 3.90. The summed E-state index contributed by atoms with van der Waals surface area (Å²) in [6, 6.07) is 28.0. The summed E-state index contributed by atoms with van der Waals surface area (Å²) in [4.78, 5) is 25.1. The fraction of sp³-hybridized carbons (Fsp3) is 0.200. The van der Waals surface area contributed by atoms with Crippen LogP contribution in [-0.2, 0) is 18.4 Å². The highest BCUT2D eigenvalue weighted by Crippen LogP contribution is 2.23. The number of aromatic nitrogens is 2. The molecule has 5 heteroatoms. The highest BCUT2D eigenvalue weighted by atomic mass is 16.2. The molecule has 4 rings (SSSR count). The first-order chi connectivity index (χ1) is 14.6. The van der Waals surface area contributed by atoms with Gasteiger partial charge < -0.3 is 5.32 Å². The largest absolute Gasteiger partial charge is 0.355 e. The molecule has 0 spiro atoms. The molecule has 1 heterocycles. The summed E-state index contributed by atoms with van der Waals surface area (Å²) in [6.07, 6.45) is 0.254. The van der Waals surface area contributed by atoms with Gasteiger partial charge in [0.25, 0.3) is 0 Å². The molecule has 0 radical (unpaired) electrons. The number of rotatable bonds is 7. The molecule has 1 N–H and O–H groups in total. The second kappa shape index (κ2) is 8.82. The summed E-state index contributed by atoms with van der Waals surface area (Å²) in [5.41, 5.74) is 3.94. The van der Waals surface area contributed by atoms with E-state index in [0.717, 1.165) is 22.2 Å². The van der Waals surface area contributed by atoms with Crippen molar-refractivity contribution in [3.8, 4) is 0 Å². The Morgan fingerprint density at radius 1 is 0.833 bits per heavy atom. The van der Waals surface area contributed by atoms with E-state index in [-0.39, 0.29) is 23.9 Å². The first-order valence-corrected chi connectivity index (χ1v) is 10.2. The summed E-state index contributed by atoms with van der Waals surface area (Å²) in [5.74, 6) is 0.0170. The van der Waals surface area contributed by atoms with Gasteiger partial charge in [0.1, 0.15) is 0 Å². The molecule has 0 atom stereocenters. The van der Waals surface area contributed by atoms with Gasteiger partial charge in [0.15, 0.2) is 0 Å². The van der Waals surface area contributed by atoms with Gasteiger partial charge >= 0.3 is 5.69 Å². The molecule has 0 saturated carbocycles. The number of nitrogens with one attached hydrogen (secondary N) is 1. The Bertz CT molecular complexity index is 1150. The minimum absolute atomic E-state index is 0.0632. The molecule has 1 amide bonds. The molecule has 0 aliphatic carbocycles. The Hall–Kier alpha value is -3.60. The number of aryl methyl sites for hydroxylation is 2. The van der Waals surface area contributed by atoms with E-state index in [2.05, 4.69) is 29.6 Å². The van der Waals surface area contributed by atoms with Crippen molar-refractivity contribution in [2.24, 2.45) is 7.05 Å². The predicted octanol–water partition coefficient (Wildman–Crippen LogP) is 3.68. The lowest BCUT2D eigenvalue weighted by Gasteiger charge is -2.19. The zero-order valence-corrected chi connectivity index (χ0v) is 17.0. The molecule has 152 valence electrons. The lowest BCUT2D eigenvalue weighted by molar-refractivity contribution is -0.121. The highest BCUT2D eigenvalue weighted by Gasteiger charge is 2.16. The normalized spacial score (nSPS) is 11.1. The first-order valence-electron chi connectivity index (χ1n) is 10.2. The van der Waals surface area contributed by atoms with Gasteiger partial charge in [0.05, 0.1) is 11.0 Å². The molecule has 4 aromatic rings. The van der Waals surface area contributed by atoms with E-state index in [1.54, 1.807) is 16.2 Å². The van der Waals surface area contributed by atoms with Crippen LogP contribution in [0.3, 0.4) is 0 Å². The molecule has 0 aliphatic rings. The summed E-state index contributed by atoms with van der Waals surface area (Å²) >= 11 is 0. The van der Waals surface area contributed by atoms with Gasteiger partial charge in [-0.25, -0.2) is 4.79 Å². The van der Waals surface area contributed by atoms with Gasteiger partial charge in [-0.05, 0) is 23.3 Å². The van der Waals surface area contributed by atoms with Crippen LogP contribution in [0, 0.1) is 0 Å². The van der Waals surface area contributed by atoms with Crippen molar-refractivity contribution in [1.82, 2.24) is 14.5 Å². The van der Waals surface area contributed by atoms with E-state index in [4.69, 9.17) is 0 Å². The summed E-state index contributed by atoms with van der Waals surface area (Å²) in [5, 5.41) is 3.06. The fourth-order valence-electron chi connectivity index (χ4n) is 3.90. The van der Waals surface area contributed by atoms with Crippen molar-refractivity contribution in [3.05, 3.63) is 107 Å². The number of hydrogen-bond donors (Lipinski definition) is 1. The van der Waals surface area contributed by atoms with Gasteiger partial charge in [-0.1, -0.05) is 72.8 Å². The van der Waals surface area contributed by atoms with Gasteiger partial charge in [-0.3, -0.25) is 13.9 Å². The third kappa shape index (κ3) is 4.06. The monoisotopic (exact) mass is 399 g/mol. The van der Waals surface area contributed by atoms with Crippen molar-refractivity contribution in [2.75, 3.05) is 6.54 Å². The maximum atomic E-state index is 12.6. The molecule has 0 unspecified atom stereocenters. The average molecular weight is 399 g/mol. The number of nitrogens with zero attached hydrogens (tertiary/aromatic N) is 2. The number of amides is 1. The Labute approximate surface area is 175 Å². The average Bonchev–Trinajstić information content (AvgIpc) is 3.04. The number of carbonyl (C=O) groups is 1. The Kier molecular flexibility index (Phi) is 5.80. The van der Waals surface area contributed by atoms with E-state index in [1.165, 1.54) is 0 Å². The Balaban J connectivity index is 1.45. The lowest BCUT2D eigenvalue weighted by atomic mass is 9.91. The van der Waals surface area contributed by atoms with Crippen LogP contribution in [0.4, 0.5) is 0 Å². The van der Waals surface area contributed by atoms with Crippen LogP contribution in [0.5, 0.6) is 0 Å². The third-order valence-electron chi connectivity index (χ3n) is 5.52. The van der Waals surface area contributed by atoms with E-state index in [9.17, 15) is 9.59 Å². The second-order valence-corrected chi connectivity index (χ2v) is 7.41. The molecule has 0 fully saturated rings. The molecule has 0 saturated heterocycles. The van der Waals surface area contributed by atoms with Crippen LogP contribution in [0.1, 0.15) is 23.5 Å². The van der Waals surface area contributed by atoms with Crippen LogP contribution in [0.2, 0.25) is 0 Å². The molecule has 0 bridgehead atoms. The van der Waals surface area contributed by atoms with Crippen molar-refractivity contribution in [2.45, 2.75) is 18.9 Å². The third-order valence-corrected chi connectivity index (χ3v) is 5.52. The first kappa shape index (κ1) is 19.7. The molecule has 1 aromatic heterocycles. The zero-order valence-electron chi connectivity index (χ0n) is 17.0. The van der Waals surface area contributed by atoms with Crippen molar-refractivity contribution >= 4 is 16.9 Å². The lowest BCUT2D eigenvalue weighted by Crippen LogP contribution is -2.31. The SMILES string of the molecule is Cn1c(=O)n(CCC(=O)NCC(c2ccccc2)c2ccccc2)c2ccccc21. The summed E-state index contributed by atoms with van der Waals surface area (Å²) < 4.78 is 3.29. The number of carbonyl (C=O) groups excluding carboxylic acids is 1. The van der Waals surface area contributed by atoms with Gasteiger partial charge in [-0.15, -0.1) is 0 Å². The molecular formula is C25H25N3O2. The molecular weight excluding hydrogens is 374 g/mol. The van der Waals surface area contributed by atoms with Crippen molar-refractivity contribution in [3.63, 3.8) is 0 Å². The maximum Gasteiger partial charge on any atom is 0.328 e. The smallest absolute Gasteiger partial charge is 0.328 e. The summed E-state index contributed by atoms with van der Waals surface area (Å²) in [7, 11) is 1.76. The van der Waals surface area contributed by atoms with Crippen LogP contribution >= 0.6 is 0 Å². The second-order valence-electron chi connectivity index (χ2n) is 7.41.